The molecule has 0 amide bonds. The van der Waals surface area contributed by atoms with Gasteiger partial charge in [0.2, 0.25) is 0 Å². The highest BCUT2D eigenvalue weighted by molar-refractivity contribution is 5.99. The maximum Gasteiger partial charge on any atom is 0.119 e. The second-order valence-electron chi connectivity index (χ2n) is 17.0. The second-order valence-corrected chi connectivity index (χ2v) is 17.0. The smallest absolute Gasteiger partial charge is 0.119 e. The molecule has 0 unspecified atom stereocenters. The van der Waals surface area contributed by atoms with Gasteiger partial charge in [-0.25, -0.2) is 0 Å². The number of benzene rings is 9. The van der Waals surface area contributed by atoms with Gasteiger partial charge in [0.15, 0.2) is 0 Å². The van der Waals surface area contributed by atoms with Crippen LogP contribution < -0.4 is 9.64 Å². The van der Waals surface area contributed by atoms with E-state index in [1.807, 2.05) is 64.4 Å². The summed E-state index contributed by atoms with van der Waals surface area (Å²) in [4.78, 5) is 6.65. The Bertz CT molecular complexity index is 3310. The van der Waals surface area contributed by atoms with Gasteiger partial charge in [0, 0.05) is 29.2 Å². The monoisotopic (exact) mass is 910 g/mol. The lowest BCUT2D eigenvalue weighted by Crippen LogP contribution is -2.28. The van der Waals surface area contributed by atoms with Gasteiger partial charge in [0.25, 0.3) is 0 Å². The largest absolute Gasteiger partial charge is 0.502 e. The molecule has 0 aliphatic heterocycles. The molecule has 0 fully saturated rings. The van der Waals surface area contributed by atoms with Crippen molar-refractivity contribution in [3.8, 4) is 50.3 Å². The number of nitrogens with zero attached hydrogens (tertiary/aromatic N) is 2. The molecule has 0 atom stereocenters. The normalized spacial score (nSPS) is 12.1. The molecule has 344 valence electrons. The van der Waals surface area contributed by atoms with Gasteiger partial charge in [-0.3, -0.25) is 4.98 Å². The number of hydrogen-bond acceptors (Lipinski definition) is 4. The highest BCUT2D eigenvalue weighted by Crippen LogP contribution is 2.56. The molecular formula is C66H58N2O2. The molecule has 1 aliphatic carbocycles. The molecule has 0 N–H and O–H groups in total. The van der Waals surface area contributed by atoms with E-state index in [2.05, 4.69) is 216 Å². The van der Waals surface area contributed by atoms with E-state index in [-0.39, 0.29) is 0 Å². The van der Waals surface area contributed by atoms with Crippen LogP contribution in [-0.2, 0) is 10.2 Å². The van der Waals surface area contributed by atoms with E-state index >= 15 is 0 Å². The van der Waals surface area contributed by atoms with Crippen LogP contribution in [0.2, 0.25) is 0 Å². The van der Waals surface area contributed by atoms with Crippen molar-refractivity contribution in [1.82, 2.24) is 4.98 Å². The average Bonchev–Trinajstić information content (AvgIpc) is 3.75. The minimum absolute atomic E-state index is 0.553. The van der Waals surface area contributed by atoms with Gasteiger partial charge < -0.3 is 14.4 Å². The first-order valence-electron chi connectivity index (χ1n) is 24.1. The molecule has 10 aromatic rings. The molecule has 0 saturated carbocycles. The fourth-order valence-corrected chi connectivity index (χ4v) is 9.74. The van der Waals surface area contributed by atoms with E-state index in [4.69, 9.17) is 9.47 Å². The Labute approximate surface area is 413 Å². The topological polar surface area (TPSA) is 34.6 Å². The Kier molecular flexibility index (Phi) is 14.1. The fourth-order valence-electron chi connectivity index (χ4n) is 9.74. The zero-order chi connectivity index (χ0) is 48.5. The molecule has 0 spiro atoms. The third kappa shape index (κ3) is 9.00. The number of hydrogen-bond donors (Lipinski definition) is 0. The summed E-state index contributed by atoms with van der Waals surface area (Å²) in [6.45, 7) is 7.86. The molecule has 4 nitrogen and oxygen atoms in total. The molecule has 1 heterocycles. The first-order chi connectivity index (χ1) is 34.5. The van der Waals surface area contributed by atoms with Crippen LogP contribution in [-0.4, -0.2) is 19.2 Å². The molecule has 0 bridgehead atoms. The Hall–Kier alpha value is -8.47. The Morgan fingerprint density at radius 2 is 1.00 bits per heavy atom. The number of allylic oxidation sites excluding steroid dienone is 2. The van der Waals surface area contributed by atoms with E-state index in [0.29, 0.717) is 0 Å². The highest BCUT2D eigenvalue weighted by atomic mass is 16.5. The van der Waals surface area contributed by atoms with Gasteiger partial charge in [-0.15, -0.1) is 0 Å². The first-order valence-corrected chi connectivity index (χ1v) is 24.1. The van der Waals surface area contributed by atoms with E-state index in [9.17, 15) is 0 Å². The third-order valence-corrected chi connectivity index (χ3v) is 13.3. The standard InChI is InChI=1S/C59H42N2O.C5H10O.C2H6/c1-62-52-36-34-51(35-37-52)61(58-21-9-12-45-11-2-3-16-53(45)58)50-32-30-48(31-33-50)59(56-19-6-4-17-54(56)55-18-5-7-20-57(55)59)49-15-8-13-46(39-49)43-26-22-41(23-27-43)42-24-28-44(29-25-42)47-14-10-38-60-40-47;1-4-5(2)6-3;1-2/h2-40H,1H3;4H,1-3H3;1-2H3/b;5-4+;. The Morgan fingerprint density at radius 3 is 1.56 bits per heavy atom. The van der Waals surface area contributed by atoms with E-state index in [1.165, 1.54) is 66.4 Å². The van der Waals surface area contributed by atoms with Crippen molar-refractivity contribution < 1.29 is 9.47 Å². The van der Waals surface area contributed by atoms with Gasteiger partial charge >= 0.3 is 0 Å². The molecule has 9 aromatic carbocycles. The van der Waals surface area contributed by atoms with Crippen molar-refractivity contribution >= 4 is 27.8 Å². The predicted molar refractivity (Wildman–Crippen MR) is 294 cm³/mol. The predicted octanol–water partition coefficient (Wildman–Crippen LogP) is 17.7. The van der Waals surface area contributed by atoms with Crippen molar-refractivity contribution in [2.75, 3.05) is 19.1 Å². The van der Waals surface area contributed by atoms with Crippen LogP contribution in [0.15, 0.2) is 249 Å². The summed E-state index contributed by atoms with van der Waals surface area (Å²) in [5, 5.41) is 2.39. The van der Waals surface area contributed by atoms with Gasteiger partial charge in [-0.1, -0.05) is 190 Å². The minimum Gasteiger partial charge on any atom is -0.502 e. The fraction of sp³-hybridized carbons (Fsp3) is 0.106. The van der Waals surface area contributed by atoms with Gasteiger partial charge in [0.1, 0.15) is 5.75 Å². The van der Waals surface area contributed by atoms with Crippen molar-refractivity contribution in [1.29, 1.82) is 0 Å². The Balaban J connectivity index is 0.000000709. The van der Waals surface area contributed by atoms with Gasteiger partial charge in [-0.2, -0.15) is 0 Å². The minimum atomic E-state index is -0.553. The quantitative estimate of drug-likeness (QED) is 0.128. The summed E-state index contributed by atoms with van der Waals surface area (Å²) in [6.07, 6.45) is 5.63. The number of pyridine rings is 1. The van der Waals surface area contributed by atoms with Gasteiger partial charge in [0.05, 0.1) is 31.1 Å². The van der Waals surface area contributed by atoms with Crippen LogP contribution in [0.4, 0.5) is 17.1 Å². The molecule has 11 rings (SSSR count). The Morgan fingerprint density at radius 1 is 0.486 bits per heavy atom. The number of aromatic nitrogens is 1. The van der Waals surface area contributed by atoms with Crippen LogP contribution in [0.5, 0.6) is 5.75 Å². The highest BCUT2D eigenvalue weighted by Gasteiger charge is 2.46. The molecule has 70 heavy (non-hydrogen) atoms. The first kappa shape index (κ1) is 46.6. The van der Waals surface area contributed by atoms with Crippen LogP contribution in [0.3, 0.4) is 0 Å². The zero-order valence-electron chi connectivity index (χ0n) is 40.8. The van der Waals surface area contributed by atoms with Crippen LogP contribution in [0.25, 0.3) is 55.3 Å². The molecule has 4 heteroatoms. The van der Waals surface area contributed by atoms with Crippen LogP contribution in [0, 0.1) is 0 Å². The number of ether oxygens (including phenoxy) is 2. The van der Waals surface area contributed by atoms with E-state index in [1.54, 1.807) is 14.2 Å². The van der Waals surface area contributed by atoms with Crippen molar-refractivity contribution in [3.63, 3.8) is 0 Å². The molecule has 1 aliphatic rings. The summed E-state index contributed by atoms with van der Waals surface area (Å²) in [5.41, 5.74) is 17.3. The summed E-state index contributed by atoms with van der Waals surface area (Å²) in [5.74, 6) is 1.79. The number of anilines is 3. The lowest BCUT2D eigenvalue weighted by atomic mass is 9.67. The maximum atomic E-state index is 5.57. The second kappa shape index (κ2) is 21.2. The third-order valence-electron chi connectivity index (χ3n) is 13.3. The SMILES string of the molecule is C/C=C(\C)OC.CC.COc1ccc(N(c2ccc(C3(c4cccc(-c5ccc(-c6ccc(-c7cccnc7)cc6)cc5)c4)c4ccccc4-c4ccccc43)cc2)c2cccc3ccccc23)cc1. The van der Waals surface area contributed by atoms with Crippen LogP contribution in [0.1, 0.15) is 49.9 Å². The van der Waals surface area contributed by atoms with Gasteiger partial charge in [-0.05, 0) is 141 Å². The molecule has 1 aromatic heterocycles. The summed E-state index contributed by atoms with van der Waals surface area (Å²) in [7, 11) is 3.37. The van der Waals surface area contributed by atoms with Crippen molar-refractivity contribution in [2.45, 2.75) is 33.1 Å². The summed E-state index contributed by atoms with van der Waals surface area (Å²) < 4.78 is 10.3. The van der Waals surface area contributed by atoms with E-state index in [0.717, 1.165) is 39.7 Å². The zero-order valence-corrected chi connectivity index (χ0v) is 40.8. The summed E-state index contributed by atoms with van der Waals surface area (Å²) >= 11 is 0. The van der Waals surface area contributed by atoms with Crippen molar-refractivity contribution in [2.24, 2.45) is 0 Å². The number of rotatable bonds is 10. The lowest BCUT2D eigenvalue weighted by molar-refractivity contribution is 0.293. The molecular weight excluding hydrogens is 853 g/mol. The lowest BCUT2D eigenvalue weighted by Gasteiger charge is -2.35. The summed E-state index contributed by atoms with van der Waals surface area (Å²) in [6, 6.07) is 81.6. The maximum absolute atomic E-state index is 5.57. The molecule has 0 saturated heterocycles. The number of methoxy groups -OCH3 is 2. The van der Waals surface area contributed by atoms with Crippen molar-refractivity contribution in [3.05, 3.63) is 271 Å². The number of fused-ring (bicyclic) bond motifs is 4. The van der Waals surface area contributed by atoms with E-state index < -0.39 is 5.41 Å². The molecule has 0 radical (unpaired) electrons. The van der Waals surface area contributed by atoms with Crippen LogP contribution >= 0.6 is 0 Å². The average molecular weight is 911 g/mol.